The Kier molecular flexibility index (Phi) is 14.0. The number of halogens is 1. The van der Waals surface area contributed by atoms with Gasteiger partial charge in [0.1, 0.15) is 16.2 Å². The number of carbonyl (C=O) groups excluding carboxylic acids is 3. The number of esters is 1. The van der Waals surface area contributed by atoms with Crippen LogP contribution in [0.2, 0.25) is 0 Å². The Balaban J connectivity index is 0.000000206. The van der Waals surface area contributed by atoms with Gasteiger partial charge in [-0.15, -0.1) is 0 Å². The van der Waals surface area contributed by atoms with Gasteiger partial charge >= 0.3 is 5.97 Å². The molecule has 0 saturated heterocycles. The summed E-state index contributed by atoms with van der Waals surface area (Å²) in [4.78, 5) is 45.6. The van der Waals surface area contributed by atoms with Crippen molar-refractivity contribution < 1.29 is 38.1 Å². The number of benzene rings is 2. The second kappa shape index (κ2) is 18.8. The van der Waals surface area contributed by atoms with Crippen molar-refractivity contribution in [2.45, 2.75) is 90.9 Å². The first-order valence-electron chi connectivity index (χ1n) is 18.1. The Labute approximate surface area is 319 Å². The molecule has 2 aromatic carbocycles. The number of rotatable bonds is 15. The molecule has 10 nitrogen and oxygen atoms in total. The second-order valence-electron chi connectivity index (χ2n) is 13.3. The molecule has 2 aliphatic heterocycles. The number of Topliss-reactive ketones (excluding diaryl/α,β-unsaturated/α-hetero) is 2. The zero-order valence-electron chi connectivity index (χ0n) is 31.0. The molecule has 4 heterocycles. The normalized spacial score (nSPS) is 13.5. The number of carbonyl (C=O) groups is 3. The van der Waals surface area contributed by atoms with E-state index in [2.05, 4.69) is 51.9 Å². The number of aromatic nitrogens is 2. The Bertz CT molecular complexity index is 1930. The summed E-state index contributed by atoms with van der Waals surface area (Å²) in [5, 5.41) is 0. The van der Waals surface area contributed by atoms with E-state index < -0.39 is 5.97 Å². The highest BCUT2D eigenvalue weighted by Gasteiger charge is 2.27. The largest absolute Gasteiger partial charge is 0.464 e. The Hall–Kier alpha value is -4.77. The number of fused-ring (bicyclic) bond motifs is 2. The maximum absolute atomic E-state index is 12.5. The smallest absolute Gasteiger partial charge is 0.356 e. The molecule has 2 aliphatic rings. The van der Waals surface area contributed by atoms with Gasteiger partial charge in [-0.2, -0.15) is 0 Å². The fourth-order valence-electron chi connectivity index (χ4n) is 6.44. The highest BCUT2D eigenvalue weighted by atomic mass is 79.9. The minimum Gasteiger partial charge on any atom is -0.464 e. The van der Waals surface area contributed by atoms with Crippen molar-refractivity contribution in [3.63, 3.8) is 0 Å². The van der Waals surface area contributed by atoms with Crippen LogP contribution in [-0.2, 0) is 27.2 Å². The van der Waals surface area contributed by atoms with Crippen molar-refractivity contribution >= 4 is 33.5 Å². The van der Waals surface area contributed by atoms with Crippen LogP contribution in [0.3, 0.4) is 0 Å². The van der Waals surface area contributed by atoms with Gasteiger partial charge in [0.15, 0.2) is 28.7 Å². The molecule has 0 bridgehead atoms. The third kappa shape index (κ3) is 10.2. The van der Waals surface area contributed by atoms with Crippen LogP contribution in [-0.4, -0.2) is 48.2 Å². The maximum atomic E-state index is 12.5. The summed E-state index contributed by atoms with van der Waals surface area (Å²) in [6, 6.07) is 19.4. The van der Waals surface area contributed by atoms with Gasteiger partial charge in [-0.05, 0) is 114 Å². The number of unbranched alkanes of at least 4 members (excludes halogenated alkanes) is 2. The number of pyridine rings is 2. The molecule has 280 valence electrons. The molecule has 0 fully saturated rings. The van der Waals surface area contributed by atoms with Crippen LogP contribution in [0.15, 0.2) is 65.3 Å². The van der Waals surface area contributed by atoms with Crippen LogP contribution in [0, 0.1) is 0 Å². The fourth-order valence-corrected chi connectivity index (χ4v) is 7.07. The zero-order valence-corrected chi connectivity index (χ0v) is 32.6. The molecule has 2 atom stereocenters. The third-order valence-electron chi connectivity index (χ3n) is 9.20. The predicted molar refractivity (Wildman–Crippen MR) is 204 cm³/mol. The topological polar surface area (TPSA) is 123 Å². The summed E-state index contributed by atoms with van der Waals surface area (Å²) in [5.74, 6) is 2.07. The van der Waals surface area contributed by atoms with E-state index in [1.807, 2.05) is 48.5 Å². The first-order valence-corrected chi connectivity index (χ1v) is 18.9. The lowest BCUT2D eigenvalue weighted by Crippen LogP contribution is -2.16. The van der Waals surface area contributed by atoms with Crippen LogP contribution in [0.1, 0.15) is 122 Å². The average molecular weight is 788 g/mol. The van der Waals surface area contributed by atoms with Crippen molar-refractivity contribution in [3.05, 3.63) is 105 Å². The van der Waals surface area contributed by atoms with Crippen molar-refractivity contribution in [2.24, 2.45) is 0 Å². The number of ketones is 2. The number of hydrogen-bond acceptors (Lipinski definition) is 10. The average Bonchev–Trinajstić information content (AvgIpc) is 3.83. The number of aryl methyl sites for hydroxylation is 2. The summed E-state index contributed by atoms with van der Waals surface area (Å²) >= 11 is 3.61. The lowest BCUT2D eigenvalue weighted by molar-refractivity contribution is -0.118. The Morgan fingerprint density at radius 1 is 0.679 bits per heavy atom. The number of nitrogens with zero attached hydrogens (tertiary/aromatic N) is 2. The Morgan fingerprint density at radius 3 is 1.62 bits per heavy atom. The van der Waals surface area contributed by atoms with Crippen molar-refractivity contribution in [3.8, 4) is 23.0 Å². The summed E-state index contributed by atoms with van der Waals surface area (Å²) in [6.45, 7) is 7.87. The van der Waals surface area contributed by atoms with Gasteiger partial charge in [-0.3, -0.25) is 9.59 Å². The van der Waals surface area contributed by atoms with E-state index in [-0.39, 0.29) is 49.1 Å². The number of ether oxygens (including phenoxy) is 5. The van der Waals surface area contributed by atoms with Gasteiger partial charge in [0.2, 0.25) is 13.6 Å². The van der Waals surface area contributed by atoms with E-state index >= 15 is 0 Å². The van der Waals surface area contributed by atoms with Crippen LogP contribution < -0.4 is 18.9 Å². The molecular formula is C42H47BrN2O8. The molecule has 2 aromatic heterocycles. The molecule has 0 amide bonds. The van der Waals surface area contributed by atoms with E-state index in [1.54, 1.807) is 13.8 Å². The molecule has 0 saturated carbocycles. The van der Waals surface area contributed by atoms with Gasteiger partial charge in [0, 0.05) is 36.1 Å². The van der Waals surface area contributed by atoms with Gasteiger partial charge in [-0.25, -0.2) is 14.8 Å². The van der Waals surface area contributed by atoms with E-state index in [4.69, 9.17) is 23.7 Å². The van der Waals surface area contributed by atoms with Gasteiger partial charge < -0.3 is 23.7 Å². The standard InChI is InChI=1S/C22H25NO5.C20H22BrNO3/c1-4-5-6-16-8-9-17(21(23-16)22(25)26-3)18(11-14(2)24)15-7-10-19-20(12-15)28-13-27-19;1-3-4-5-15-7-8-16(20(21)22-15)17(10-13(2)23)14-6-9-18-19(11-14)25-12-24-18/h7-10,12,18H,4-6,11,13H2,1-3H3;6-9,11,17H,3-5,10,12H2,1-2H3/t18-;17-/m00/s1. The van der Waals surface area contributed by atoms with Gasteiger partial charge in [0.25, 0.3) is 0 Å². The minimum absolute atomic E-state index is 0.0218. The van der Waals surface area contributed by atoms with E-state index in [0.717, 1.165) is 82.7 Å². The predicted octanol–water partition coefficient (Wildman–Crippen LogP) is 9.08. The van der Waals surface area contributed by atoms with E-state index in [9.17, 15) is 14.4 Å². The van der Waals surface area contributed by atoms with Gasteiger partial charge in [0.05, 0.1) is 7.11 Å². The monoisotopic (exact) mass is 786 g/mol. The molecule has 0 N–H and O–H groups in total. The van der Waals surface area contributed by atoms with Crippen LogP contribution in [0.5, 0.6) is 23.0 Å². The third-order valence-corrected chi connectivity index (χ3v) is 9.84. The minimum atomic E-state index is -0.498. The van der Waals surface area contributed by atoms with Crippen LogP contribution in [0.25, 0.3) is 0 Å². The molecule has 4 aromatic rings. The molecule has 0 radical (unpaired) electrons. The lowest BCUT2D eigenvalue weighted by Gasteiger charge is -2.20. The molecule has 0 spiro atoms. The second-order valence-corrected chi connectivity index (χ2v) is 14.0. The highest BCUT2D eigenvalue weighted by molar-refractivity contribution is 9.10. The Morgan fingerprint density at radius 2 is 1.15 bits per heavy atom. The molecule has 11 heteroatoms. The maximum Gasteiger partial charge on any atom is 0.356 e. The molecule has 53 heavy (non-hydrogen) atoms. The molecular weight excluding hydrogens is 740 g/mol. The zero-order chi connectivity index (χ0) is 37.9. The molecule has 0 unspecified atom stereocenters. The van der Waals surface area contributed by atoms with Crippen LogP contribution >= 0.6 is 15.9 Å². The van der Waals surface area contributed by atoms with E-state index in [1.165, 1.54) is 7.11 Å². The lowest BCUT2D eigenvalue weighted by atomic mass is 9.85. The summed E-state index contributed by atoms with van der Waals surface area (Å²) in [7, 11) is 1.34. The number of hydrogen-bond donors (Lipinski definition) is 0. The molecule has 6 rings (SSSR count). The van der Waals surface area contributed by atoms with Gasteiger partial charge in [-0.1, -0.05) is 51.0 Å². The highest BCUT2D eigenvalue weighted by Crippen LogP contribution is 2.40. The molecule has 0 aliphatic carbocycles. The van der Waals surface area contributed by atoms with Crippen molar-refractivity contribution in [1.82, 2.24) is 9.97 Å². The first-order chi connectivity index (χ1) is 25.6. The quantitative estimate of drug-likeness (QED) is 0.0852. The summed E-state index contributed by atoms with van der Waals surface area (Å²) < 4.78 is 27.5. The first kappa shape index (κ1) is 39.4. The number of methoxy groups -OCH3 is 1. The summed E-state index contributed by atoms with van der Waals surface area (Å²) in [6.07, 6.45) is 6.74. The SMILES string of the molecule is CCCCc1ccc([C@@H](CC(C)=O)c2ccc3c(c2)OCO3)c(Br)n1.CCCCc1ccc([C@@H](CC(C)=O)c2ccc3c(c2)OCO3)c(C(=O)OC)n1. The van der Waals surface area contributed by atoms with E-state index in [0.29, 0.717) is 23.5 Å². The van der Waals surface area contributed by atoms with Crippen molar-refractivity contribution in [2.75, 3.05) is 20.7 Å². The fraction of sp³-hybridized carbons (Fsp3) is 0.405. The van der Waals surface area contributed by atoms with Crippen molar-refractivity contribution in [1.29, 1.82) is 0 Å². The summed E-state index contributed by atoms with van der Waals surface area (Å²) in [5.41, 5.74) is 5.79. The van der Waals surface area contributed by atoms with Crippen LogP contribution in [0.4, 0.5) is 0 Å².